The van der Waals surface area contributed by atoms with E-state index in [1.54, 1.807) is 15.9 Å². The van der Waals surface area contributed by atoms with Crippen molar-refractivity contribution in [2.45, 2.75) is 58.4 Å². The number of thioether (sulfide) groups is 1. The molecule has 0 atom stereocenters. The largest absolute Gasteiger partial charge is 0.424 e. The second kappa shape index (κ2) is 8.35. The van der Waals surface area contributed by atoms with E-state index in [0.29, 0.717) is 29.1 Å². The van der Waals surface area contributed by atoms with Gasteiger partial charge in [-0.3, -0.25) is 9.36 Å². The Bertz CT molecular complexity index is 1290. The van der Waals surface area contributed by atoms with Gasteiger partial charge in [-0.2, -0.15) is 0 Å². The highest BCUT2D eigenvalue weighted by Gasteiger charge is 2.20. The Morgan fingerprint density at radius 2 is 1.83 bits per heavy atom. The molecule has 0 amide bonds. The summed E-state index contributed by atoms with van der Waals surface area (Å²) >= 11 is 3.02. The van der Waals surface area contributed by atoms with Crippen LogP contribution in [0.4, 0.5) is 0 Å². The first kappa shape index (κ1) is 20.8. The molecule has 0 saturated heterocycles. The highest BCUT2D eigenvalue weighted by Crippen LogP contribution is 2.31. The molecule has 4 aromatic rings. The lowest BCUT2D eigenvalue weighted by molar-refractivity contribution is 0.469. The van der Waals surface area contributed by atoms with Gasteiger partial charge < -0.3 is 4.42 Å². The predicted molar refractivity (Wildman–Crippen MR) is 122 cm³/mol. The number of nitrogens with zero attached hydrogens (tertiary/aromatic N) is 4. The highest BCUT2D eigenvalue weighted by atomic mass is 32.2. The number of hydrogen-bond donors (Lipinski definition) is 0. The molecule has 0 aliphatic carbocycles. The number of rotatable bonds is 6. The summed E-state index contributed by atoms with van der Waals surface area (Å²) in [7, 11) is 0. The molecule has 3 aromatic heterocycles. The summed E-state index contributed by atoms with van der Waals surface area (Å²) in [5.41, 5.74) is 4.22. The van der Waals surface area contributed by atoms with Gasteiger partial charge in [0.1, 0.15) is 4.83 Å². The minimum absolute atomic E-state index is 0.0215. The van der Waals surface area contributed by atoms with Crippen LogP contribution in [0.3, 0.4) is 0 Å². The smallest absolute Gasteiger partial charge is 0.267 e. The number of aromatic nitrogens is 4. The van der Waals surface area contributed by atoms with Crippen molar-refractivity contribution in [2.75, 3.05) is 0 Å². The van der Waals surface area contributed by atoms with E-state index in [1.165, 1.54) is 17.3 Å². The summed E-state index contributed by atoms with van der Waals surface area (Å²) < 4.78 is 7.36. The van der Waals surface area contributed by atoms with Crippen LogP contribution in [0.2, 0.25) is 0 Å². The molecular formula is C22H24N4O2S2. The van der Waals surface area contributed by atoms with Gasteiger partial charge in [-0.25, -0.2) is 4.98 Å². The molecule has 0 radical (unpaired) electrons. The van der Waals surface area contributed by atoms with Crippen LogP contribution in [0.15, 0.2) is 32.6 Å². The Morgan fingerprint density at radius 1 is 1.07 bits per heavy atom. The molecule has 8 heteroatoms. The van der Waals surface area contributed by atoms with Gasteiger partial charge >= 0.3 is 0 Å². The minimum atomic E-state index is -0.0215. The lowest BCUT2D eigenvalue weighted by Crippen LogP contribution is -2.22. The fourth-order valence-electron chi connectivity index (χ4n) is 3.43. The van der Waals surface area contributed by atoms with Crippen molar-refractivity contribution in [1.29, 1.82) is 0 Å². The summed E-state index contributed by atoms with van der Waals surface area (Å²) in [5.74, 6) is 1.61. The molecule has 0 aliphatic rings. The molecule has 6 nitrogen and oxygen atoms in total. The normalized spacial score (nSPS) is 11.5. The third kappa shape index (κ3) is 3.70. The number of aryl methyl sites for hydroxylation is 5. The molecule has 0 unspecified atom stereocenters. The van der Waals surface area contributed by atoms with Crippen molar-refractivity contribution in [2.24, 2.45) is 0 Å². The summed E-state index contributed by atoms with van der Waals surface area (Å²) in [4.78, 5) is 20.5. The average Bonchev–Trinajstić information content (AvgIpc) is 3.32. The van der Waals surface area contributed by atoms with Gasteiger partial charge in [0.25, 0.3) is 5.56 Å². The Labute approximate surface area is 183 Å². The third-order valence-electron chi connectivity index (χ3n) is 5.23. The zero-order valence-electron chi connectivity index (χ0n) is 17.8. The van der Waals surface area contributed by atoms with Crippen molar-refractivity contribution < 1.29 is 4.42 Å². The quantitative estimate of drug-likeness (QED) is 0.304. The van der Waals surface area contributed by atoms with E-state index in [1.807, 2.05) is 25.1 Å². The molecule has 30 heavy (non-hydrogen) atoms. The van der Waals surface area contributed by atoms with E-state index in [4.69, 9.17) is 9.40 Å². The Morgan fingerprint density at radius 3 is 2.50 bits per heavy atom. The van der Waals surface area contributed by atoms with Gasteiger partial charge in [-0.1, -0.05) is 31.7 Å². The minimum Gasteiger partial charge on any atom is -0.424 e. The Hall–Kier alpha value is -2.45. The average molecular weight is 441 g/mol. The van der Waals surface area contributed by atoms with Crippen LogP contribution < -0.4 is 5.56 Å². The van der Waals surface area contributed by atoms with Crippen molar-refractivity contribution >= 4 is 33.3 Å². The molecule has 0 bridgehead atoms. The van der Waals surface area contributed by atoms with Crippen LogP contribution in [0.1, 0.15) is 47.2 Å². The van der Waals surface area contributed by atoms with E-state index >= 15 is 0 Å². The molecule has 1 aromatic carbocycles. The predicted octanol–water partition coefficient (Wildman–Crippen LogP) is 5.17. The molecule has 3 heterocycles. The second-order valence-corrected chi connectivity index (χ2v) is 9.35. The monoisotopic (exact) mass is 440 g/mol. The summed E-state index contributed by atoms with van der Waals surface area (Å²) in [6, 6.07) is 6.07. The highest BCUT2D eigenvalue weighted by molar-refractivity contribution is 7.98. The molecule has 156 valence electrons. The maximum atomic E-state index is 13.7. The second-order valence-electron chi connectivity index (χ2n) is 7.21. The molecule has 4 rings (SSSR count). The molecular weight excluding hydrogens is 416 g/mol. The first-order chi connectivity index (χ1) is 14.4. The van der Waals surface area contributed by atoms with Crippen LogP contribution >= 0.6 is 23.1 Å². The molecule has 0 aliphatic heterocycles. The van der Waals surface area contributed by atoms with Crippen LogP contribution in [0, 0.1) is 20.8 Å². The van der Waals surface area contributed by atoms with Crippen molar-refractivity contribution in [3.8, 4) is 5.69 Å². The van der Waals surface area contributed by atoms with Gasteiger partial charge in [0, 0.05) is 11.3 Å². The van der Waals surface area contributed by atoms with Gasteiger partial charge in [-0.05, 0) is 56.0 Å². The first-order valence-electron chi connectivity index (χ1n) is 9.99. The zero-order valence-corrected chi connectivity index (χ0v) is 19.4. The van der Waals surface area contributed by atoms with E-state index < -0.39 is 0 Å². The lowest BCUT2D eigenvalue weighted by Gasteiger charge is -2.13. The molecule has 0 N–H and O–H groups in total. The van der Waals surface area contributed by atoms with Crippen molar-refractivity contribution in [3.05, 3.63) is 61.9 Å². The maximum Gasteiger partial charge on any atom is 0.267 e. The number of fused-ring (bicyclic) bond motifs is 1. The number of benzene rings is 1. The molecule has 0 spiro atoms. The summed E-state index contributed by atoms with van der Waals surface area (Å²) in [5, 5.41) is 9.49. The standard InChI is InChI=1S/C22H24N4O2S2/c1-6-16-14(5)30-20-19(16)21(27)26(15-9-8-12(3)13(4)10-15)22(23-20)29-11-18-25-24-17(7-2)28-18/h8-10H,6-7,11H2,1-5H3. The van der Waals surface area contributed by atoms with E-state index in [0.717, 1.165) is 38.3 Å². The van der Waals surface area contributed by atoms with Crippen LogP contribution in [0.25, 0.3) is 15.9 Å². The number of thiophene rings is 1. The van der Waals surface area contributed by atoms with E-state index in [-0.39, 0.29) is 5.56 Å². The maximum absolute atomic E-state index is 13.7. The van der Waals surface area contributed by atoms with Gasteiger partial charge in [0.2, 0.25) is 11.8 Å². The fourth-order valence-corrected chi connectivity index (χ4v) is 5.43. The Kier molecular flexibility index (Phi) is 5.79. The van der Waals surface area contributed by atoms with Crippen LogP contribution in [0.5, 0.6) is 0 Å². The first-order valence-corrected chi connectivity index (χ1v) is 11.8. The summed E-state index contributed by atoms with van der Waals surface area (Å²) in [6.45, 7) is 10.2. The zero-order chi connectivity index (χ0) is 21.4. The van der Waals surface area contributed by atoms with Gasteiger partial charge in [0.05, 0.1) is 16.8 Å². The molecule has 0 fully saturated rings. The fraction of sp³-hybridized carbons (Fsp3) is 0.364. The van der Waals surface area contributed by atoms with Gasteiger partial charge in [-0.15, -0.1) is 21.5 Å². The van der Waals surface area contributed by atoms with Crippen molar-refractivity contribution in [3.63, 3.8) is 0 Å². The van der Waals surface area contributed by atoms with E-state index in [9.17, 15) is 4.79 Å². The van der Waals surface area contributed by atoms with E-state index in [2.05, 4.69) is 37.9 Å². The summed E-state index contributed by atoms with van der Waals surface area (Å²) in [6.07, 6.45) is 1.51. The molecule has 0 saturated carbocycles. The van der Waals surface area contributed by atoms with Crippen molar-refractivity contribution in [1.82, 2.24) is 19.7 Å². The topological polar surface area (TPSA) is 73.8 Å². The van der Waals surface area contributed by atoms with Crippen LogP contribution in [-0.2, 0) is 18.6 Å². The third-order valence-corrected chi connectivity index (χ3v) is 7.20. The SMILES string of the molecule is CCc1nnc(CSc2nc3sc(C)c(CC)c3c(=O)n2-c2ccc(C)c(C)c2)o1. The number of hydrogen-bond acceptors (Lipinski definition) is 7. The van der Waals surface area contributed by atoms with Crippen LogP contribution in [-0.4, -0.2) is 19.7 Å². The van der Waals surface area contributed by atoms with Gasteiger partial charge in [0.15, 0.2) is 5.16 Å². The Balaban J connectivity index is 1.88. The lowest BCUT2D eigenvalue weighted by atomic mass is 10.1.